The standard InChI is InChI=1S/C13H18N2O2/c1-2-8-17-13(16)15-10-12(14)9-11-6-4-3-5-7-11/h2-7,12H,1,8-10,14H2,(H,15,16)/t12-/m0/s1. The SMILES string of the molecule is C=CCOC(=O)NC[C@@H](N)Cc1ccccc1. The molecule has 1 atom stereocenters. The Labute approximate surface area is 101 Å². The van der Waals surface area contributed by atoms with Crippen molar-refractivity contribution in [1.82, 2.24) is 5.32 Å². The molecule has 0 aliphatic rings. The van der Waals surface area contributed by atoms with Crippen LogP contribution in [-0.4, -0.2) is 25.3 Å². The second kappa shape index (κ2) is 7.46. The van der Waals surface area contributed by atoms with Gasteiger partial charge < -0.3 is 15.8 Å². The molecule has 0 aliphatic carbocycles. The molecule has 0 unspecified atom stereocenters. The van der Waals surface area contributed by atoms with E-state index in [-0.39, 0.29) is 12.6 Å². The van der Waals surface area contributed by atoms with Crippen LogP contribution in [-0.2, 0) is 11.2 Å². The van der Waals surface area contributed by atoms with Crippen LogP contribution in [0.25, 0.3) is 0 Å². The Bertz CT molecular complexity index is 352. The lowest BCUT2D eigenvalue weighted by atomic mass is 10.1. The smallest absolute Gasteiger partial charge is 0.407 e. The average molecular weight is 234 g/mol. The van der Waals surface area contributed by atoms with Gasteiger partial charge in [0, 0.05) is 12.6 Å². The molecule has 4 heteroatoms. The third kappa shape index (κ3) is 5.73. The topological polar surface area (TPSA) is 64.3 Å². The van der Waals surface area contributed by atoms with Gasteiger partial charge in [-0.05, 0) is 12.0 Å². The Kier molecular flexibility index (Phi) is 5.82. The maximum Gasteiger partial charge on any atom is 0.407 e. The molecular formula is C13H18N2O2. The molecule has 0 aromatic heterocycles. The largest absolute Gasteiger partial charge is 0.445 e. The van der Waals surface area contributed by atoms with E-state index in [9.17, 15) is 4.79 Å². The molecule has 0 saturated heterocycles. The van der Waals surface area contributed by atoms with Crippen LogP contribution in [0.5, 0.6) is 0 Å². The molecule has 0 saturated carbocycles. The summed E-state index contributed by atoms with van der Waals surface area (Å²) in [5, 5.41) is 2.60. The third-order valence-electron chi connectivity index (χ3n) is 2.18. The molecule has 92 valence electrons. The van der Waals surface area contributed by atoms with Gasteiger partial charge in [0.05, 0.1) is 0 Å². The Morgan fingerprint density at radius 3 is 2.82 bits per heavy atom. The van der Waals surface area contributed by atoms with Crippen LogP contribution in [0.3, 0.4) is 0 Å². The van der Waals surface area contributed by atoms with Crippen molar-refractivity contribution < 1.29 is 9.53 Å². The highest BCUT2D eigenvalue weighted by Crippen LogP contribution is 2.01. The first kappa shape index (κ1) is 13.3. The highest BCUT2D eigenvalue weighted by Gasteiger charge is 2.06. The number of nitrogens with one attached hydrogen (secondary N) is 1. The van der Waals surface area contributed by atoms with Crippen molar-refractivity contribution >= 4 is 6.09 Å². The molecule has 1 rings (SSSR count). The van der Waals surface area contributed by atoms with E-state index >= 15 is 0 Å². The van der Waals surface area contributed by atoms with E-state index in [1.807, 2.05) is 30.3 Å². The van der Waals surface area contributed by atoms with Crippen molar-refractivity contribution in [3.8, 4) is 0 Å². The highest BCUT2D eigenvalue weighted by molar-refractivity contribution is 5.67. The summed E-state index contributed by atoms with van der Waals surface area (Å²) >= 11 is 0. The lowest BCUT2D eigenvalue weighted by molar-refractivity contribution is 0.157. The van der Waals surface area contributed by atoms with Crippen LogP contribution in [0.1, 0.15) is 5.56 Å². The Balaban J connectivity index is 2.23. The summed E-state index contributed by atoms with van der Waals surface area (Å²) in [7, 11) is 0. The molecule has 0 aliphatic heterocycles. The van der Waals surface area contributed by atoms with Gasteiger partial charge in [-0.2, -0.15) is 0 Å². The Hall–Kier alpha value is -1.81. The fraction of sp³-hybridized carbons (Fsp3) is 0.308. The number of amides is 1. The monoisotopic (exact) mass is 234 g/mol. The normalized spacial score (nSPS) is 11.6. The van der Waals surface area contributed by atoms with E-state index in [1.165, 1.54) is 6.08 Å². The molecule has 17 heavy (non-hydrogen) atoms. The predicted molar refractivity (Wildman–Crippen MR) is 67.7 cm³/mol. The number of benzene rings is 1. The van der Waals surface area contributed by atoms with Crippen LogP contribution in [0, 0.1) is 0 Å². The van der Waals surface area contributed by atoms with Crippen LogP contribution in [0.4, 0.5) is 4.79 Å². The fourth-order valence-electron chi connectivity index (χ4n) is 1.39. The minimum Gasteiger partial charge on any atom is -0.445 e. The van der Waals surface area contributed by atoms with Gasteiger partial charge in [-0.25, -0.2) is 4.79 Å². The van der Waals surface area contributed by atoms with Gasteiger partial charge in [0.15, 0.2) is 0 Å². The minimum absolute atomic E-state index is 0.117. The summed E-state index contributed by atoms with van der Waals surface area (Å²) in [6.45, 7) is 4.06. The number of ether oxygens (including phenoxy) is 1. The van der Waals surface area contributed by atoms with E-state index in [2.05, 4.69) is 11.9 Å². The predicted octanol–water partition coefficient (Wildman–Crippen LogP) is 1.47. The number of nitrogens with two attached hydrogens (primary N) is 1. The summed E-state index contributed by atoms with van der Waals surface area (Å²) in [6, 6.07) is 9.79. The lowest BCUT2D eigenvalue weighted by Crippen LogP contribution is -2.38. The first-order valence-electron chi connectivity index (χ1n) is 5.53. The molecule has 0 radical (unpaired) electrons. The van der Waals surface area contributed by atoms with Gasteiger partial charge in [0.2, 0.25) is 0 Å². The molecule has 1 amide bonds. The Morgan fingerprint density at radius 2 is 2.18 bits per heavy atom. The molecule has 0 bridgehead atoms. The summed E-state index contributed by atoms with van der Waals surface area (Å²) < 4.78 is 4.77. The van der Waals surface area contributed by atoms with Crippen molar-refractivity contribution in [3.05, 3.63) is 48.6 Å². The van der Waals surface area contributed by atoms with E-state index in [0.29, 0.717) is 6.54 Å². The first-order valence-corrected chi connectivity index (χ1v) is 5.53. The second-order valence-corrected chi connectivity index (χ2v) is 3.72. The van der Waals surface area contributed by atoms with Crippen LogP contribution in [0.15, 0.2) is 43.0 Å². The summed E-state index contributed by atoms with van der Waals surface area (Å²) in [5.41, 5.74) is 7.05. The van der Waals surface area contributed by atoms with Crippen molar-refractivity contribution in [2.24, 2.45) is 5.73 Å². The molecule has 0 heterocycles. The quantitative estimate of drug-likeness (QED) is 0.732. The van der Waals surface area contributed by atoms with Gasteiger partial charge in [-0.15, -0.1) is 0 Å². The van der Waals surface area contributed by atoms with Crippen molar-refractivity contribution in [1.29, 1.82) is 0 Å². The molecular weight excluding hydrogens is 216 g/mol. The van der Waals surface area contributed by atoms with Gasteiger partial charge in [-0.3, -0.25) is 0 Å². The maximum atomic E-state index is 11.1. The van der Waals surface area contributed by atoms with Crippen molar-refractivity contribution in [3.63, 3.8) is 0 Å². The van der Waals surface area contributed by atoms with Gasteiger partial charge in [0.1, 0.15) is 6.61 Å². The van der Waals surface area contributed by atoms with Crippen LogP contribution < -0.4 is 11.1 Å². The molecule has 4 nitrogen and oxygen atoms in total. The zero-order chi connectivity index (χ0) is 12.5. The number of carbonyl (C=O) groups excluding carboxylic acids is 1. The van der Waals surface area contributed by atoms with Crippen molar-refractivity contribution in [2.45, 2.75) is 12.5 Å². The lowest BCUT2D eigenvalue weighted by Gasteiger charge is -2.12. The third-order valence-corrected chi connectivity index (χ3v) is 2.18. The second-order valence-electron chi connectivity index (χ2n) is 3.72. The molecule has 1 aromatic carbocycles. The Morgan fingerprint density at radius 1 is 1.47 bits per heavy atom. The zero-order valence-corrected chi connectivity index (χ0v) is 9.76. The molecule has 0 spiro atoms. The summed E-state index contributed by atoms with van der Waals surface area (Å²) in [6.07, 6.45) is 1.78. The fourth-order valence-corrected chi connectivity index (χ4v) is 1.39. The van der Waals surface area contributed by atoms with Crippen molar-refractivity contribution in [2.75, 3.05) is 13.2 Å². The summed E-state index contributed by atoms with van der Waals surface area (Å²) in [5.74, 6) is 0. The van der Waals surface area contributed by atoms with E-state index < -0.39 is 6.09 Å². The van der Waals surface area contributed by atoms with Gasteiger partial charge in [0.25, 0.3) is 0 Å². The molecule has 1 aromatic rings. The number of hydrogen-bond acceptors (Lipinski definition) is 3. The van der Waals surface area contributed by atoms with Crippen LogP contribution >= 0.6 is 0 Å². The van der Waals surface area contributed by atoms with E-state index in [1.54, 1.807) is 0 Å². The number of rotatable bonds is 6. The molecule has 0 fully saturated rings. The average Bonchev–Trinajstić information content (AvgIpc) is 2.35. The maximum absolute atomic E-state index is 11.1. The summed E-state index contributed by atoms with van der Waals surface area (Å²) in [4.78, 5) is 11.1. The van der Waals surface area contributed by atoms with E-state index in [0.717, 1.165) is 12.0 Å². The first-order chi connectivity index (χ1) is 8.22. The van der Waals surface area contributed by atoms with Gasteiger partial charge >= 0.3 is 6.09 Å². The molecule has 3 N–H and O–H groups in total. The number of alkyl carbamates (subject to hydrolysis) is 1. The van der Waals surface area contributed by atoms with E-state index in [4.69, 9.17) is 10.5 Å². The highest BCUT2D eigenvalue weighted by atomic mass is 16.5. The number of hydrogen-bond donors (Lipinski definition) is 2. The van der Waals surface area contributed by atoms with Gasteiger partial charge in [-0.1, -0.05) is 43.0 Å². The number of carbonyl (C=O) groups is 1. The zero-order valence-electron chi connectivity index (χ0n) is 9.76. The minimum atomic E-state index is -0.464. The van der Waals surface area contributed by atoms with Crippen LogP contribution in [0.2, 0.25) is 0 Å².